The lowest BCUT2D eigenvalue weighted by Gasteiger charge is -2.14. The number of nitrogens with zero attached hydrogens (tertiary/aromatic N) is 3. The Kier molecular flexibility index (Phi) is 5.79. The number of amides is 3. The molecule has 21 heavy (non-hydrogen) atoms. The van der Waals surface area contributed by atoms with E-state index in [2.05, 4.69) is 20.9 Å². The van der Waals surface area contributed by atoms with E-state index in [0.29, 0.717) is 6.54 Å². The maximum absolute atomic E-state index is 11.9. The number of hydrogen-bond donors (Lipinski definition) is 3. The number of carboxylic acid groups (broad SMARTS) is 1. The van der Waals surface area contributed by atoms with Crippen molar-refractivity contribution >= 4 is 17.9 Å². The van der Waals surface area contributed by atoms with Crippen LogP contribution in [0, 0.1) is 0 Å². The number of aromatic carboxylic acids is 1. The smallest absolute Gasteiger partial charge is 0.358 e. The van der Waals surface area contributed by atoms with Crippen molar-refractivity contribution in [1.29, 1.82) is 0 Å². The molecule has 1 rings (SSSR count). The van der Waals surface area contributed by atoms with Gasteiger partial charge in [-0.05, 0) is 13.8 Å². The van der Waals surface area contributed by atoms with E-state index < -0.39 is 23.9 Å². The number of rotatable bonds is 6. The number of nitrogens with one attached hydrogen (secondary N) is 2. The molecule has 1 aromatic heterocycles. The molecule has 0 aliphatic heterocycles. The molecule has 3 amide bonds. The van der Waals surface area contributed by atoms with Gasteiger partial charge in [-0.2, -0.15) is 0 Å². The van der Waals surface area contributed by atoms with Crippen LogP contribution in [0.3, 0.4) is 0 Å². The first-order chi connectivity index (χ1) is 9.92. The predicted molar refractivity (Wildman–Crippen MR) is 69.6 cm³/mol. The lowest BCUT2D eigenvalue weighted by molar-refractivity contribution is -0.123. The fourth-order valence-electron chi connectivity index (χ4n) is 1.59. The van der Waals surface area contributed by atoms with Crippen molar-refractivity contribution in [2.45, 2.75) is 26.5 Å². The monoisotopic (exact) mass is 299 g/mol. The number of imide groups is 1. The fourth-order valence-corrected chi connectivity index (χ4v) is 1.59. The van der Waals surface area contributed by atoms with Gasteiger partial charge in [-0.25, -0.2) is 14.3 Å². The summed E-state index contributed by atoms with van der Waals surface area (Å²) >= 11 is 0. The van der Waals surface area contributed by atoms with Gasteiger partial charge in [0, 0.05) is 13.7 Å². The number of methoxy groups -OCH3 is 1. The number of aromatic nitrogens is 3. The highest BCUT2D eigenvalue weighted by molar-refractivity contribution is 5.96. The molecule has 1 atom stereocenters. The number of urea groups is 1. The lowest BCUT2D eigenvalue weighted by atomic mass is 10.2. The molecule has 0 saturated carbocycles. The molecule has 0 aliphatic carbocycles. The summed E-state index contributed by atoms with van der Waals surface area (Å²) in [4.78, 5) is 34.3. The Hall–Kier alpha value is -2.49. The number of hydrogen-bond acceptors (Lipinski definition) is 6. The van der Waals surface area contributed by atoms with E-state index in [1.807, 2.05) is 0 Å². The second-order valence-corrected chi connectivity index (χ2v) is 4.09. The van der Waals surface area contributed by atoms with Crippen molar-refractivity contribution in [3.8, 4) is 0 Å². The van der Waals surface area contributed by atoms with E-state index in [4.69, 9.17) is 9.84 Å². The van der Waals surface area contributed by atoms with Crippen LogP contribution < -0.4 is 10.6 Å². The van der Waals surface area contributed by atoms with Crippen molar-refractivity contribution < 1.29 is 24.2 Å². The Morgan fingerprint density at radius 3 is 2.62 bits per heavy atom. The molecule has 1 heterocycles. The average molecular weight is 299 g/mol. The molecule has 1 aromatic rings. The summed E-state index contributed by atoms with van der Waals surface area (Å²) in [6, 6.07) is -1.56. The zero-order valence-corrected chi connectivity index (χ0v) is 11.9. The van der Waals surface area contributed by atoms with Crippen LogP contribution in [-0.4, -0.2) is 51.7 Å². The number of carbonyl (C=O) groups is 3. The average Bonchev–Trinajstić information content (AvgIpc) is 2.82. The molecule has 0 aromatic carbocycles. The molecule has 0 saturated heterocycles. The van der Waals surface area contributed by atoms with Gasteiger partial charge in [0.1, 0.15) is 11.7 Å². The first-order valence-electron chi connectivity index (χ1n) is 6.17. The molecular weight excluding hydrogens is 282 g/mol. The quantitative estimate of drug-likeness (QED) is 0.646. The minimum Gasteiger partial charge on any atom is -0.476 e. The summed E-state index contributed by atoms with van der Waals surface area (Å²) in [7, 11) is 1.38. The molecular formula is C11H17N5O5. The van der Waals surface area contributed by atoms with Gasteiger partial charge in [-0.3, -0.25) is 10.1 Å². The van der Waals surface area contributed by atoms with Crippen molar-refractivity contribution in [2.24, 2.45) is 0 Å². The number of carbonyl (C=O) groups excluding carboxylic acids is 2. The van der Waals surface area contributed by atoms with E-state index in [-0.39, 0.29) is 18.0 Å². The van der Waals surface area contributed by atoms with Gasteiger partial charge in [0.2, 0.25) is 0 Å². The maximum Gasteiger partial charge on any atom is 0.358 e. The van der Waals surface area contributed by atoms with E-state index in [9.17, 15) is 14.4 Å². The Morgan fingerprint density at radius 1 is 1.43 bits per heavy atom. The highest BCUT2D eigenvalue weighted by Gasteiger charge is 2.26. The summed E-state index contributed by atoms with van der Waals surface area (Å²) < 4.78 is 6.00. The highest BCUT2D eigenvalue weighted by atomic mass is 16.5. The topological polar surface area (TPSA) is 135 Å². The third kappa shape index (κ3) is 3.99. The zero-order chi connectivity index (χ0) is 16.0. The normalized spacial score (nSPS) is 11.8. The molecule has 0 bridgehead atoms. The van der Waals surface area contributed by atoms with Gasteiger partial charge in [0.05, 0.1) is 6.61 Å². The molecule has 116 valence electrons. The molecule has 0 spiro atoms. The Morgan fingerprint density at radius 2 is 2.10 bits per heavy atom. The van der Waals surface area contributed by atoms with Crippen LogP contribution in [0.5, 0.6) is 0 Å². The van der Waals surface area contributed by atoms with Crippen molar-refractivity contribution in [1.82, 2.24) is 25.6 Å². The zero-order valence-electron chi connectivity index (χ0n) is 11.9. The molecule has 0 aliphatic rings. The second kappa shape index (κ2) is 7.33. The summed E-state index contributed by atoms with van der Waals surface area (Å²) in [6.07, 6.45) is 0. The highest BCUT2D eigenvalue weighted by Crippen LogP contribution is 2.13. The first kappa shape index (κ1) is 16.6. The van der Waals surface area contributed by atoms with E-state index in [0.717, 1.165) is 4.68 Å². The van der Waals surface area contributed by atoms with Crippen LogP contribution in [0.25, 0.3) is 0 Å². The van der Waals surface area contributed by atoms with E-state index in [1.165, 1.54) is 14.0 Å². The van der Waals surface area contributed by atoms with Gasteiger partial charge in [-0.1, -0.05) is 5.21 Å². The van der Waals surface area contributed by atoms with Gasteiger partial charge in [0.15, 0.2) is 5.69 Å². The predicted octanol–water partition coefficient (Wildman–Crippen LogP) is -0.471. The number of ether oxygens (including phenoxy) is 1. The van der Waals surface area contributed by atoms with Crippen LogP contribution in [0.1, 0.15) is 36.1 Å². The van der Waals surface area contributed by atoms with E-state index >= 15 is 0 Å². The van der Waals surface area contributed by atoms with Crippen LogP contribution in [0.15, 0.2) is 0 Å². The van der Waals surface area contributed by atoms with Gasteiger partial charge < -0.3 is 15.2 Å². The van der Waals surface area contributed by atoms with Crippen molar-refractivity contribution in [2.75, 3.05) is 13.7 Å². The molecule has 0 fully saturated rings. The minimum atomic E-state index is -1.27. The van der Waals surface area contributed by atoms with Gasteiger partial charge >= 0.3 is 12.0 Å². The van der Waals surface area contributed by atoms with Crippen LogP contribution in [0.4, 0.5) is 4.79 Å². The standard InChI is InChI=1S/C11H17N5O5/c1-4-12-11(20)13-9(17)6(2)16-7(5-21-3)8(10(18)19)14-15-16/h6H,4-5H2,1-3H3,(H,18,19)(H2,12,13,17,20). The van der Waals surface area contributed by atoms with Crippen LogP contribution >= 0.6 is 0 Å². The summed E-state index contributed by atoms with van der Waals surface area (Å²) in [5.41, 5.74) is -0.155. The third-order valence-electron chi connectivity index (χ3n) is 2.59. The Bertz CT molecular complexity index is 541. The Labute approximate surface area is 120 Å². The van der Waals surface area contributed by atoms with Crippen LogP contribution in [0.2, 0.25) is 0 Å². The minimum absolute atomic E-state index is 0.0760. The summed E-state index contributed by atoms with van der Waals surface area (Å²) in [6.45, 7) is 3.47. The first-order valence-corrected chi connectivity index (χ1v) is 6.17. The molecule has 3 N–H and O–H groups in total. The summed E-state index contributed by atoms with van der Waals surface area (Å²) in [5, 5.41) is 20.7. The van der Waals surface area contributed by atoms with Crippen molar-refractivity contribution in [3.05, 3.63) is 11.4 Å². The van der Waals surface area contributed by atoms with E-state index in [1.54, 1.807) is 6.92 Å². The van der Waals surface area contributed by atoms with Crippen LogP contribution in [-0.2, 0) is 16.1 Å². The number of carboxylic acids is 1. The lowest BCUT2D eigenvalue weighted by Crippen LogP contribution is -2.42. The fraction of sp³-hybridized carbons (Fsp3) is 0.545. The third-order valence-corrected chi connectivity index (χ3v) is 2.59. The largest absolute Gasteiger partial charge is 0.476 e. The molecule has 0 radical (unpaired) electrons. The SMILES string of the molecule is CCNC(=O)NC(=O)C(C)n1nnc(C(=O)O)c1COC. The molecule has 1 unspecified atom stereocenters. The second-order valence-electron chi connectivity index (χ2n) is 4.09. The maximum atomic E-state index is 11.9. The molecule has 10 heteroatoms. The molecule has 10 nitrogen and oxygen atoms in total. The van der Waals surface area contributed by atoms with Crippen molar-refractivity contribution in [3.63, 3.8) is 0 Å². The summed E-state index contributed by atoms with van der Waals surface area (Å²) in [5.74, 6) is -1.91. The van der Waals surface area contributed by atoms with Gasteiger partial charge in [0.25, 0.3) is 5.91 Å². The van der Waals surface area contributed by atoms with Gasteiger partial charge in [-0.15, -0.1) is 5.10 Å². The Balaban J connectivity index is 2.96.